The van der Waals surface area contributed by atoms with Crippen LogP contribution in [0.25, 0.3) is 0 Å². The molecule has 9 heteroatoms. The van der Waals surface area contributed by atoms with Gasteiger partial charge in [-0.2, -0.15) is 4.31 Å². The molecule has 1 aromatic carbocycles. The van der Waals surface area contributed by atoms with Crippen LogP contribution in [0.5, 0.6) is 0 Å². The minimum absolute atomic E-state index is 0. The minimum atomic E-state index is -3.64. The van der Waals surface area contributed by atoms with E-state index in [9.17, 15) is 18.5 Å². The van der Waals surface area contributed by atoms with E-state index in [0.717, 1.165) is 0 Å². The zero-order valence-electron chi connectivity index (χ0n) is 12.4. The summed E-state index contributed by atoms with van der Waals surface area (Å²) < 4.78 is 26.7. The molecule has 0 aromatic heterocycles. The maximum absolute atomic E-state index is 12.7. The van der Waals surface area contributed by atoms with Crippen LogP contribution in [0.4, 0.5) is 5.69 Å². The number of hydrogen-bond acceptors (Lipinski definition) is 5. The molecule has 0 saturated carbocycles. The standard InChI is InChI=1S/C13H19N3O4S.ClH/c1-9-7-11(16(17)18)3-4-13(9)21(19,20)15-6-5-12(14)10(2)8-15;/h3-4,7,10,12H,5-6,8,14H2,1-2H3;1H. The molecular weight excluding hydrogens is 330 g/mol. The largest absolute Gasteiger partial charge is 0.327 e. The Morgan fingerprint density at radius 1 is 1.41 bits per heavy atom. The first kappa shape index (κ1) is 18.8. The molecule has 7 nitrogen and oxygen atoms in total. The summed E-state index contributed by atoms with van der Waals surface area (Å²) >= 11 is 0. The lowest BCUT2D eigenvalue weighted by Gasteiger charge is -2.34. The summed E-state index contributed by atoms with van der Waals surface area (Å²) in [5, 5.41) is 10.7. The van der Waals surface area contributed by atoms with Gasteiger partial charge in [-0.05, 0) is 30.9 Å². The zero-order chi connectivity index (χ0) is 15.8. The first-order valence-electron chi connectivity index (χ1n) is 6.74. The Morgan fingerprint density at radius 2 is 2.05 bits per heavy atom. The number of sulfonamides is 1. The highest BCUT2D eigenvalue weighted by Crippen LogP contribution is 2.27. The lowest BCUT2D eigenvalue weighted by Crippen LogP contribution is -2.48. The fourth-order valence-corrected chi connectivity index (χ4v) is 4.28. The number of nitrogens with zero attached hydrogens (tertiary/aromatic N) is 2. The van der Waals surface area contributed by atoms with Crippen molar-refractivity contribution in [2.24, 2.45) is 11.7 Å². The van der Waals surface area contributed by atoms with E-state index in [1.54, 1.807) is 6.92 Å². The molecule has 1 aliphatic heterocycles. The Kier molecular flexibility index (Phi) is 5.91. The summed E-state index contributed by atoms with van der Waals surface area (Å²) in [6.45, 7) is 4.25. The van der Waals surface area contributed by atoms with Gasteiger partial charge in [-0.15, -0.1) is 12.4 Å². The summed E-state index contributed by atoms with van der Waals surface area (Å²) in [6, 6.07) is 3.82. The molecule has 124 valence electrons. The average molecular weight is 350 g/mol. The van der Waals surface area contributed by atoms with Crippen molar-refractivity contribution in [3.05, 3.63) is 33.9 Å². The maximum atomic E-state index is 12.7. The van der Waals surface area contributed by atoms with Gasteiger partial charge in [0, 0.05) is 31.3 Å². The summed E-state index contributed by atoms with van der Waals surface area (Å²) in [7, 11) is -3.64. The van der Waals surface area contributed by atoms with Gasteiger partial charge in [-0.25, -0.2) is 8.42 Å². The van der Waals surface area contributed by atoms with Gasteiger partial charge in [0.25, 0.3) is 5.69 Å². The van der Waals surface area contributed by atoms with Crippen LogP contribution in [-0.2, 0) is 10.0 Å². The van der Waals surface area contributed by atoms with Gasteiger partial charge < -0.3 is 5.73 Å². The molecule has 2 atom stereocenters. The zero-order valence-corrected chi connectivity index (χ0v) is 14.1. The predicted molar refractivity (Wildman–Crippen MR) is 85.6 cm³/mol. The van der Waals surface area contributed by atoms with E-state index < -0.39 is 14.9 Å². The molecule has 0 aliphatic carbocycles. The van der Waals surface area contributed by atoms with Gasteiger partial charge in [-0.1, -0.05) is 6.92 Å². The number of hydrogen-bond donors (Lipinski definition) is 1. The fourth-order valence-electron chi connectivity index (χ4n) is 2.52. The van der Waals surface area contributed by atoms with Crippen molar-refractivity contribution in [1.29, 1.82) is 0 Å². The molecule has 0 bridgehead atoms. The normalized spacial score (nSPS) is 22.9. The van der Waals surface area contributed by atoms with Crippen molar-refractivity contribution >= 4 is 28.1 Å². The number of nitro groups is 1. The number of nitrogens with two attached hydrogens (primary N) is 1. The quantitative estimate of drug-likeness (QED) is 0.660. The molecule has 0 radical (unpaired) electrons. The number of nitro benzene ring substituents is 1. The molecule has 2 N–H and O–H groups in total. The highest BCUT2D eigenvalue weighted by molar-refractivity contribution is 7.89. The van der Waals surface area contributed by atoms with Crippen LogP contribution in [-0.4, -0.2) is 36.8 Å². The van der Waals surface area contributed by atoms with Crippen molar-refractivity contribution in [1.82, 2.24) is 4.31 Å². The Bertz CT molecular complexity index is 665. The van der Waals surface area contributed by atoms with Crippen molar-refractivity contribution in [3.63, 3.8) is 0 Å². The van der Waals surface area contributed by atoms with E-state index in [-0.39, 0.29) is 34.9 Å². The van der Waals surface area contributed by atoms with Crippen LogP contribution < -0.4 is 5.73 Å². The number of rotatable bonds is 3. The first-order chi connectivity index (χ1) is 9.73. The Balaban J connectivity index is 0.00000242. The van der Waals surface area contributed by atoms with E-state index in [4.69, 9.17) is 5.73 Å². The summed E-state index contributed by atoms with van der Waals surface area (Å²) in [4.78, 5) is 10.3. The van der Waals surface area contributed by atoms with E-state index >= 15 is 0 Å². The molecular formula is C13H20ClN3O4S. The van der Waals surface area contributed by atoms with Crippen LogP contribution in [0.1, 0.15) is 18.9 Å². The molecule has 2 unspecified atom stereocenters. The van der Waals surface area contributed by atoms with Gasteiger partial charge >= 0.3 is 0 Å². The average Bonchev–Trinajstić information content (AvgIpc) is 2.41. The molecule has 1 saturated heterocycles. The number of halogens is 1. The highest BCUT2D eigenvalue weighted by Gasteiger charge is 2.33. The van der Waals surface area contributed by atoms with Crippen molar-refractivity contribution < 1.29 is 13.3 Å². The van der Waals surface area contributed by atoms with Crippen LogP contribution >= 0.6 is 12.4 Å². The van der Waals surface area contributed by atoms with Crippen molar-refractivity contribution in [3.8, 4) is 0 Å². The molecule has 0 amide bonds. The Hall–Kier alpha value is -1.22. The highest BCUT2D eigenvalue weighted by atomic mass is 35.5. The second-order valence-electron chi connectivity index (χ2n) is 5.50. The number of benzene rings is 1. The van der Waals surface area contributed by atoms with Gasteiger partial charge in [0.2, 0.25) is 10.0 Å². The van der Waals surface area contributed by atoms with Gasteiger partial charge in [-0.3, -0.25) is 10.1 Å². The van der Waals surface area contributed by atoms with Gasteiger partial charge in [0.05, 0.1) is 9.82 Å². The van der Waals surface area contributed by atoms with Crippen LogP contribution in [0.2, 0.25) is 0 Å². The third-order valence-corrected chi connectivity index (χ3v) is 5.95. The molecule has 1 fully saturated rings. The second-order valence-corrected chi connectivity index (χ2v) is 7.41. The van der Waals surface area contributed by atoms with Crippen molar-refractivity contribution in [2.75, 3.05) is 13.1 Å². The predicted octanol–water partition coefficient (Wildman–Crippen LogP) is 1.68. The number of aryl methyl sites for hydroxylation is 1. The van der Waals surface area contributed by atoms with Crippen LogP contribution in [0.3, 0.4) is 0 Å². The van der Waals surface area contributed by atoms with Crippen LogP contribution in [0, 0.1) is 23.0 Å². The van der Waals surface area contributed by atoms with Crippen LogP contribution in [0.15, 0.2) is 23.1 Å². The van der Waals surface area contributed by atoms with E-state index in [0.29, 0.717) is 25.1 Å². The third-order valence-electron chi connectivity index (χ3n) is 3.92. The summed E-state index contributed by atoms with van der Waals surface area (Å²) in [5.74, 6) is 0.0897. The molecule has 1 aromatic rings. The summed E-state index contributed by atoms with van der Waals surface area (Å²) in [5.41, 5.74) is 6.18. The lowest BCUT2D eigenvalue weighted by atomic mass is 9.96. The number of piperidine rings is 1. The van der Waals surface area contributed by atoms with Gasteiger partial charge in [0.1, 0.15) is 0 Å². The van der Waals surface area contributed by atoms with Crippen molar-refractivity contribution in [2.45, 2.75) is 31.2 Å². The minimum Gasteiger partial charge on any atom is -0.327 e. The Morgan fingerprint density at radius 3 is 2.55 bits per heavy atom. The monoisotopic (exact) mass is 349 g/mol. The summed E-state index contributed by atoms with van der Waals surface area (Å²) in [6.07, 6.45) is 0.617. The Labute approximate surface area is 136 Å². The SMILES string of the molecule is Cc1cc([N+](=O)[O-])ccc1S(=O)(=O)N1CCC(N)C(C)C1.Cl. The van der Waals surface area contributed by atoms with Gasteiger partial charge in [0.15, 0.2) is 0 Å². The van der Waals surface area contributed by atoms with E-state index in [2.05, 4.69) is 0 Å². The molecule has 22 heavy (non-hydrogen) atoms. The van der Waals surface area contributed by atoms with E-state index in [1.165, 1.54) is 22.5 Å². The first-order valence-corrected chi connectivity index (χ1v) is 8.18. The molecule has 1 heterocycles. The van der Waals surface area contributed by atoms with E-state index in [1.807, 2.05) is 6.92 Å². The number of non-ortho nitro benzene ring substituents is 1. The molecule has 0 spiro atoms. The molecule has 1 aliphatic rings. The topological polar surface area (TPSA) is 107 Å². The smallest absolute Gasteiger partial charge is 0.269 e. The lowest BCUT2D eigenvalue weighted by molar-refractivity contribution is -0.385. The third kappa shape index (κ3) is 3.57. The fraction of sp³-hybridized carbons (Fsp3) is 0.538. The molecule has 2 rings (SSSR count). The maximum Gasteiger partial charge on any atom is 0.269 e. The second kappa shape index (κ2) is 6.91.